The largest absolute Gasteiger partial charge is 0.485 e. The van der Waals surface area contributed by atoms with Crippen molar-refractivity contribution in [3.05, 3.63) is 35.5 Å². The number of nitrogens with zero attached hydrogens (tertiary/aromatic N) is 1. The van der Waals surface area contributed by atoms with Crippen molar-refractivity contribution in [2.75, 3.05) is 13.1 Å². The Hall–Kier alpha value is -1.32. The maximum absolute atomic E-state index is 6.20. The van der Waals surface area contributed by atoms with Gasteiger partial charge >= 0.3 is 0 Å². The SMILES string of the molecule is Clc1ccc2cccnc2c1OC1CCNC1. The lowest BCUT2D eigenvalue weighted by Crippen LogP contribution is -2.19. The molecule has 1 N–H and O–H groups in total. The lowest BCUT2D eigenvalue weighted by molar-refractivity contribution is 0.225. The Labute approximate surface area is 105 Å². The summed E-state index contributed by atoms with van der Waals surface area (Å²) < 4.78 is 5.96. The quantitative estimate of drug-likeness (QED) is 0.887. The topological polar surface area (TPSA) is 34.1 Å². The predicted octanol–water partition coefficient (Wildman–Crippen LogP) is 2.63. The Bertz CT molecular complexity index is 538. The van der Waals surface area contributed by atoms with E-state index in [1.165, 1.54) is 0 Å². The Morgan fingerprint density at radius 3 is 3.12 bits per heavy atom. The maximum atomic E-state index is 6.20. The number of ether oxygens (including phenoxy) is 1. The number of fused-ring (bicyclic) bond motifs is 1. The fraction of sp³-hybridized carbons (Fsp3) is 0.308. The Morgan fingerprint density at radius 1 is 1.35 bits per heavy atom. The standard InChI is InChI=1S/C13H13ClN2O/c14-11-4-3-9-2-1-6-16-12(9)13(11)17-10-5-7-15-8-10/h1-4,6,10,15H,5,7-8H2. The predicted molar refractivity (Wildman–Crippen MR) is 68.7 cm³/mol. The zero-order valence-corrected chi connectivity index (χ0v) is 10.1. The van der Waals surface area contributed by atoms with E-state index in [1.54, 1.807) is 6.20 Å². The molecule has 88 valence electrons. The molecule has 3 nitrogen and oxygen atoms in total. The van der Waals surface area contributed by atoms with E-state index in [9.17, 15) is 0 Å². The smallest absolute Gasteiger partial charge is 0.164 e. The van der Waals surface area contributed by atoms with Crippen molar-refractivity contribution < 1.29 is 4.74 Å². The van der Waals surface area contributed by atoms with Gasteiger partial charge in [-0.3, -0.25) is 4.98 Å². The summed E-state index contributed by atoms with van der Waals surface area (Å²) >= 11 is 6.20. The van der Waals surface area contributed by atoms with E-state index in [1.807, 2.05) is 24.3 Å². The Balaban J connectivity index is 2.03. The van der Waals surface area contributed by atoms with Crippen molar-refractivity contribution in [3.63, 3.8) is 0 Å². The van der Waals surface area contributed by atoms with Crippen LogP contribution in [0, 0.1) is 0 Å². The zero-order valence-electron chi connectivity index (χ0n) is 9.32. The molecule has 1 fully saturated rings. The molecule has 3 rings (SSSR count). The Morgan fingerprint density at radius 2 is 2.29 bits per heavy atom. The van der Waals surface area contributed by atoms with Crippen LogP contribution in [-0.4, -0.2) is 24.2 Å². The van der Waals surface area contributed by atoms with Crippen LogP contribution in [0.2, 0.25) is 5.02 Å². The van der Waals surface area contributed by atoms with E-state index in [2.05, 4.69) is 10.3 Å². The fourth-order valence-electron chi connectivity index (χ4n) is 2.10. The van der Waals surface area contributed by atoms with Gasteiger partial charge in [0, 0.05) is 18.1 Å². The highest BCUT2D eigenvalue weighted by Gasteiger charge is 2.19. The summed E-state index contributed by atoms with van der Waals surface area (Å²) in [6, 6.07) is 7.75. The van der Waals surface area contributed by atoms with Crippen LogP contribution < -0.4 is 10.1 Å². The molecule has 1 aliphatic rings. The molecule has 4 heteroatoms. The van der Waals surface area contributed by atoms with Crippen LogP contribution in [-0.2, 0) is 0 Å². The molecule has 1 saturated heterocycles. The number of pyridine rings is 1. The first-order valence-electron chi connectivity index (χ1n) is 5.75. The van der Waals surface area contributed by atoms with E-state index >= 15 is 0 Å². The third kappa shape index (κ3) is 2.08. The van der Waals surface area contributed by atoms with Crippen LogP contribution in [0.15, 0.2) is 30.5 Å². The fourth-order valence-corrected chi connectivity index (χ4v) is 2.30. The highest BCUT2D eigenvalue weighted by Crippen LogP contribution is 2.33. The summed E-state index contributed by atoms with van der Waals surface area (Å²) in [7, 11) is 0. The summed E-state index contributed by atoms with van der Waals surface area (Å²) in [5.74, 6) is 0.707. The molecule has 2 heterocycles. The van der Waals surface area contributed by atoms with E-state index in [-0.39, 0.29) is 6.10 Å². The first kappa shape index (κ1) is 10.8. The summed E-state index contributed by atoms with van der Waals surface area (Å²) in [4.78, 5) is 4.35. The molecular weight excluding hydrogens is 236 g/mol. The van der Waals surface area contributed by atoms with Gasteiger partial charge in [0.1, 0.15) is 11.6 Å². The molecule has 1 unspecified atom stereocenters. The van der Waals surface area contributed by atoms with Gasteiger partial charge in [0.25, 0.3) is 0 Å². The molecule has 0 bridgehead atoms. The Kier molecular flexibility index (Phi) is 2.87. The second-order valence-corrected chi connectivity index (χ2v) is 4.59. The van der Waals surface area contributed by atoms with Gasteiger partial charge in [-0.1, -0.05) is 23.7 Å². The number of rotatable bonds is 2. The highest BCUT2D eigenvalue weighted by atomic mass is 35.5. The molecule has 17 heavy (non-hydrogen) atoms. The van der Waals surface area contributed by atoms with Crippen LogP contribution in [0.4, 0.5) is 0 Å². The van der Waals surface area contributed by atoms with Gasteiger partial charge in [-0.2, -0.15) is 0 Å². The molecular formula is C13H13ClN2O. The maximum Gasteiger partial charge on any atom is 0.164 e. The lowest BCUT2D eigenvalue weighted by atomic mass is 10.2. The summed E-state index contributed by atoms with van der Waals surface area (Å²) in [5, 5.41) is 4.95. The van der Waals surface area contributed by atoms with Gasteiger partial charge in [0.05, 0.1) is 5.02 Å². The van der Waals surface area contributed by atoms with Crippen LogP contribution >= 0.6 is 11.6 Å². The third-order valence-electron chi connectivity index (χ3n) is 2.98. The van der Waals surface area contributed by atoms with E-state index < -0.39 is 0 Å². The van der Waals surface area contributed by atoms with E-state index in [0.717, 1.165) is 30.4 Å². The van der Waals surface area contributed by atoms with Crippen LogP contribution in [0.25, 0.3) is 10.9 Å². The van der Waals surface area contributed by atoms with Crippen molar-refractivity contribution in [1.29, 1.82) is 0 Å². The number of benzene rings is 1. The molecule has 0 saturated carbocycles. The number of aromatic nitrogens is 1. The van der Waals surface area contributed by atoms with Crippen LogP contribution in [0.5, 0.6) is 5.75 Å². The van der Waals surface area contributed by atoms with Gasteiger partial charge in [-0.25, -0.2) is 0 Å². The van der Waals surface area contributed by atoms with E-state index in [4.69, 9.17) is 16.3 Å². The minimum absolute atomic E-state index is 0.195. The normalized spacial score (nSPS) is 19.7. The zero-order chi connectivity index (χ0) is 11.7. The molecule has 0 amide bonds. The van der Waals surface area contributed by atoms with Crippen molar-refractivity contribution >= 4 is 22.5 Å². The lowest BCUT2D eigenvalue weighted by Gasteiger charge is -2.15. The molecule has 0 spiro atoms. The van der Waals surface area contributed by atoms with Gasteiger partial charge in [-0.05, 0) is 25.1 Å². The summed E-state index contributed by atoms with van der Waals surface area (Å²) in [6.45, 7) is 1.88. The van der Waals surface area contributed by atoms with Crippen molar-refractivity contribution in [2.24, 2.45) is 0 Å². The summed E-state index contributed by atoms with van der Waals surface area (Å²) in [5.41, 5.74) is 0.840. The molecule has 0 aliphatic carbocycles. The number of hydrogen-bond donors (Lipinski definition) is 1. The van der Waals surface area contributed by atoms with Gasteiger partial charge in [0.15, 0.2) is 5.75 Å². The second-order valence-electron chi connectivity index (χ2n) is 4.18. The second kappa shape index (κ2) is 4.51. The monoisotopic (exact) mass is 248 g/mol. The van der Waals surface area contributed by atoms with Crippen molar-refractivity contribution in [1.82, 2.24) is 10.3 Å². The minimum atomic E-state index is 0.195. The third-order valence-corrected chi connectivity index (χ3v) is 3.28. The number of halogens is 1. The average molecular weight is 249 g/mol. The van der Waals surface area contributed by atoms with Crippen LogP contribution in [0.1, 0.15) is 6.42 Å². The first-order chi connectivity index (χ1) is 8.34. The first-order valence-corrected chi connectivity index (χ1v) is 6.13. The molecule has 1 atom stereocenters. The van der Waals surface area contributed by atoms with Gasteiger partial charge < -0.3 is 10.1 Å². The minimum Gasteiger partial charge on any atom is -0.485 e. The molecule has 1 aromatic carbocycles. The van der Waals surface area contributed by atoms with Crippen molar-refractivity contribution in [2.45, 2.75) is 12.5 Å². The number of nitrogens with one attached hydrogen (secondary N) is 1. The highest BCUT2D eigenvalue weighted by molar-refractivity contribution is 6.33. The molecule has 2 aromatic rings. The van der Waals surface area contributed by atoms with Gasteiger partial charge in [-0.15, -0.1) is 0 Å². The van der Waals surface area contributed by atoms with Gasteiger partial charge in [0.2, 0.25) is 0 Å². The van der Waals surface area contributed by atoms with Crippen LogP contribution in [0.3, 0.4) is 0 Å². The number of hydrogen-bond acceptors (Lipinski definition) is 3. The molecule has 1 aromatic heterocycles. The van der Waals surface area contributed by atoms with E-state index in [0.29, 0.717) is 10.8 Å². The van der Waals surface area contributed by atoms with Crippen molar-refractivity contribution in [3.8, 4) is 5.75 Å². The molecule has 1 aliphatic heterocycles. The average Bonchev–Trinajstić information content (AvgIpc) is 2.86. The summed E-state index contributed by atoms with van der Waals surface area (Å²) in [6.07, 6.45) is 2.97. The molecule has 0 radical (unpaired) electrons.